The normalized spacial score (nSPS) is 28.5. The molecule has 3 rings (SSSR count). The molecule has 2 aliphatic rings. The average molecular weight is 239 g/mol. The lowest BCUT2D eigenvalue weighted by molar-refractivity contribution is 0.0870. The molecule has 0 amide bonds. The lowest BCUT2D eigenvalue weighted by Crippen LogP contribution is -2.49. The van der Waals surface area contributed by atoms with Gasteiger partial charge in [-0.15, -0.1) is 0 Å². The van der Waals surface area contributed by atoms with Gasteiger partial charge in [0, 0.05) is 18.7 Å². The smallest absolute Gasteiger partial charge is 0.0671 e. The van der Waals surface area contributed by atoms with E-state index in [0.717, 1.165) is 31.2 Å². The maximum atomic E-state index is 6.04. The first-order valence-electron chi connectivity index (χ1n) is 5.75. The van der Waals surface area contributed by atoms with Crippen LogP contribution in [0.15, 0.2) is 12.3 Å². The summed E-state index contributed by atoms with van der Waals surface area (Å²) in [5.41, 5.74) is 2.39. The summed E-state index contributed by atoms with van der Waals surface area (Å²) in [4.78, 5) is 6.88. The largest absolute Gasteiger partial charge is 0.377 e. The summed E-state index contributed by atoms with van der Waals surface area (Å²) in [5, 5.41) is 0.720. The lowest BCUT2D eigenvalue weighted by atomic mass is 9.90. The second kappa shape index (κ2) is 3.90. The SMILES string of the molecule is CC1CC2COCCN2c2cc(Cl)cnc21. The van der Waals surface area contributed by atoms with Crippen LogP contribution in [-0.4, -0.2) is 30.8 Å². The third-order valence-electron chi connectivity index (χ3n) is 3.49. The van der Waals surface area contributed by atoms with Crippen molar-refractivity contribution < 1.29 is 4.74 Å². The second-order valence-corrected chi connectivity index (χ2v) is 5.05. The Bertz CT molecular complexity index is 410. The van der Waals surface area contributed by atoms with E-state index >= 15 is 0 Å². The van der Waals surface area contributed by atoms with Crippen molar-refractivity contribution in [1.29, 1.82) is 0 Å². The molecular weight excluding hydrogens is 224 g/mol. The zero-order chi connectivity index (χ0) is 11.1. The Kier molecular flexibility index (Phi) is 2.52. The highest BCUT2D eigenvalue weighted by Crippen LogP contribution is 2.38. The van der Waals surface area contributed by atoms with Gasteiger partial charge in [-0.25, -0.2) is 0 Å². The molecule has 0 radical (unpaired) electrons. The molecule has 4 heteroatoms. The van der Waals surface area contributed by atoms with E-state index in [1.54, 1.807) is 6.20 Å². The number of anilines is 1. The van der Waals surface area contributed by atoms with E-state index in [1.807, 2.05) is 6.07 Å². The quantitative estimate of drug-likeness (QED) is 0.694. The van der Waals surface area contributed by atoms with Gasteiger partial charge in [-0.05, 0) is 12.5 Å². The van der Waals surface area contributed by atoms with Crippen LogP contribution in [0.3, 0.4) is 0 Å². The summed E-state index contributed by atoms with van der Waals surface area (Å²) in [6.45, 7) is 4.81. The fourth-order valence-corrected chi connectivity index (χ4v) is 2.89. The summed E-state index contributed by atoms with van der Waals surface area (Å²) in [5.74, 6) is 0.496. The molecule has 0 aliphatic carbocycles. The first-order chi connectivity index (χ1) is 7.75. The Morgan fingerprint density at radius 1 is 1.56 bits per heavy atom. The summed E-state index contributed by atoms with van der Waals surface area (Å²) < 4.78 is 5.54. The van der Waals surface area contributed by atoms with E-state index in [9.17, 15) is 0 Å². The number of nitrogens with zero attached hydrogens (tertiary/aromatic N) is 2. The second-order valence-electron chi connectivity index (χ2n) is 4.62. The number of hydrogen-bond acceptors (Lipinski definition) is 3. The zero-order valence-electron chi connectivity index (χ0n) is 9.32. The number of hydrogen-bond donors (Lipinski definition) is 0. The molecule has 2 atom stereocenters. The van der Waals surface area contributed by atoms with Crippen molar-refractivity contribution in [3.8, 4) is 0 Å². The van der Waals surface area contributed by atoms with Crippen molar-refractivity contribution in [2.75, 3.05) is 24.7 Å². The summed E-state index contributed by atoms with van der Waals surface area (Å²) in [7, 11) is 0. The molecule has 16 heavy (non-hydrogen) atoms. The third-order valence-corrected chi connectivity index (χ3v) is 3.70. The number of halogens is 1. The van der Waals surface area contributed by atoms with Crippen molar-refractivity contribution in [3.63, 3.8) is 0 Å². The van der Waals surface area contributed by atoms with Crippen molar-refractivity contribution >= 4 is 17.3 Å². The molecule has 0 bridgehead atoms. The van der Waals surface area contributed by atoms with Crippen LogP contribution in [0.25, 0.3) is 0 Å². The Hall–Kier alpha value is -0.800. The molecule has 3 heterocycles. The average Bonchev–Trinajstić information content (AvgIpc) is 2.29. The minimum atomic E-state index is 0.496. The van der Waals surface area contributed by atoms with Crippen LogP contribution in [0.5, 0.6) is 0 Å². The molecule has 0 aromatic carbocycles. The van der Waals surface area contributed by atoms with Crippen LogP contribution < -0.4 is 4.90 Å². The molecule has 86 valence electrons. The molecule has 0 spiro atoms. The molecule has 1 aromatic rings. The highest BCUT2D eigenvalue weighted by Gasteiger charge is 2.33. The minimum absolute atomic E-state index is 0.496. The van der Waals surface area contributed by atoms with Crippen LogP contribution in [0.1, 0.15) is 25.0 Å². The Morgan fingerprint density at radius 2 is 2.44 bits per heavy atom. The first-order valence-corrected chi connectivity index (χ1v) is 6.13. The van der Waals surface area contributed by atoms with Gasteiger partial charge >= 0.3 is 0 Å². The van der Waals surface area contributed by atoms with E-state index in [4.69, 9.17) is 16.3 Å². The molecule has 2 aliphatic heterocycles. The van der Waals surface area contributed by atoms with Crippen LogP contribution in [0.2, 0.25) is 5.02 Å². The minimum Gasteiger partial charge on any atom is -0.377 e. The molecule has 0 N–H and O–H groups in total. The van der Waals surface area contributed by atoms with Crippen LogP contribution >= 0.6 is 11.6 Å². The standard InChI is InChI=1S/C12H15ClN2O/c1-8-4-10-7-16-3-2-15(10)11-5-9(13)6-14-12(8)11/h5-6,8,10H,2-4,7H2,1H3. The van der Waals surface area contributed by atoms with Gasteiger partial charge in [0.15, 0.2) is 0 Å². The lowest BCUT2D eigenvalue weighted by Gasteiger charge is -2.43. The van der Waals surface area contributed by atoms with Gasteiger partial charge in [-0.2, -0.15) is 0 Å². The van der Waals surface area contributed by atoms with E-state index in [-0.39, 0.29) is 0 Å². The van der Waals surface area contributed by atoms with Gasteiger partial charge in [-0.3, -0.25) is 4.98 Å². The first kappa shape index (κ1) is 10.4. The van der Waals surface area contributed by atoms with Gasteiger partial charge in [0.2, 0.25) is 0 Å². The van der Waals surface area contributed by atoms with E-state index in [1.165, 1.54) is 11.4 Å². The fraction of sp³-hybridized carbons (Fsp3) is 0.583. The fourth-order valence-electron chi connectivity index (χ4n) is 2.74. The monoisotopic (exact) mass is 238 g/mol. The molecule has 3 nitrogen and oxygen atoms in total. The topological polar surface area (TPSA) is 25.4 Å². The Balaban J connectivity index is 2.05. The van der Waals surface area contributed by atoms with Crippen LogP contribution in [0, 0.1) is 0 Å². The maximum absolute atomic E-state index is 6.04. The van der Waals surface area contributed by atoms with Gasteiger partial charge in [-0.1, -0.05) is 18.5 Å². The van der Waals surface area contributed by atoms with E-state index < -0.39 is 0 Å². The third kappa shape index (κ3) is 1.59. The summed E-state index contributed by atoms with van der Waals surface area (Å²) >= 11 is 6.04. The molecule has 0 saturated carbocycles. The van der Waals surface area contributed by atoms with Crippen molar-refractivity contribution in [2.24, 2.45) is 0 Å². The highest BCUT2D eigenvalue weighted by atomic mass is 35.5. The van der Waals surface area contributed by atoms with Crippen molar-refractivity contribution in [3.05, 3.63) is 23.0 Å². The number of aromatic nitrogens is 1. The Morgan fingerprint density at radius 3 is 3.31 bits per heavy atom. The van der Waals surface area contributed by atoms with Gasteiger partial charge < -0.3 is 9.64 Å². The van der Waals surface area contributed by atoms with E-state index in [2.05, 4.69) is 16.8 Å². The Labute approximate surface area is 100 Å². The van der Waals surface area contributed by atoms with Crippen LogP contribution in [-0.2, 0) is 4.74 Å². The number of rotatable bonds is 0. The maximum Gasteiger partial charge on any atom is 0.0671 e. The van der Waals surface area contributed by atoms with Gasteiger partial charge in [0.05, 0.1) is 35.7 Å². The highest BCUT2D eigenvalue weighted by molar-refractivity contribution is 6.30. The van der Waals surface area contributed by atoms with Crippen LogP contribution in [0.4, 0.5) is 5.69 Å². The molecular formula is C12H15ClN2O. The number of fused-ring (bicyclic) bond motifs is 3. The number of ether oxygens (including phenoxy) is 1. The summed E-state index contributed by atoms with van der Waals surface area (Å²) in [6, 6.07) is 2.54. The van der Waals surface area contributed by atoms with E-state index in [0.29, 0.717) is 12.0 Å². The summed E-state index contributed by atoms with van der Waals surface area (Å²) in [6.07, 6.45) is 2.87. The molecule has 1 saturated heterocycles. The molecule has 2 unspecified atom stereocenters. The number of morpholine rings is 1. The van der Waals surface area contributed by atoms with Gasteiger partial charge in [0.25, 0.3) is 0 Å². The number of pyridine rings is 1. The van der Waals surface area contributed by atoms with Gasteiger partial charge in [0.1, 0.15) is 0 Å². The van der Waals surface area contributed by atoms with Crippen molar-refractivity contribution in [1.82, 2.24) is 4.98 Å². The zero-order valence-corrected chi connectivity index (χ0v) is 10.1. The molecule has 1 aromatic heterocycles. The van der Waals surface area contributed by atoms with Crippen molar-refractivity contribution in [2.45, 2.75) is 25.3 Å². The predicted octanol–water partition coefficient (Wildman–Crippen LogP) is 2.45. The predicted molar refractivity (Wildman–Crippen MR) is 64.2 cm³/mol. The molecule has 1 fully saturated rings.